The predicted molar refractivity (Wildman–Crippen MR) is 111 cm³/mol. The van der Waals surface area contributed by atoms with Crippen molar-refractivity contribution in [3.8, 4) is 0 Å². The largest absolute Gasteiger partial charge is 0.460 e. The number of anilines is 1. The molecule has 2 aromatic carbocycles. The molecule has 2 aliphatic rings. The van der Waals surface area contributed by atoms with Crippen LogP contribution in [0.4, 0.5) is 5.69 Å². The maximum atomic E-state index is 12.2. The minimum Gasteiger partial charge on any atom is -0.460 e. The van der Waals surface area contributed by atoms with E-state index in [4.69, 9.17) is 4.74 Å². The number of nitrogens with zero attached hydrogens (tertiary/aromatic N) is 2. The van der Waals surface area contributed by atoms with Gasteiger partial charge in [-0.2, -0.15) is 0 Å². The molecular formula is C20H20N2O4S2. The van der Waals surface area contributed by atoms with Crippen molar-refractivity contribution in [3.05, 3.63) is 66.2 Å². The summed E-state index contributed by atoms with van der Waals surface area (Å²) in [5.74, 6) is -0.0576. The van der Waals surface area contributed by atoms with Crippen LogP contribution in [0.5, 0.6) is 0 Å². The maximum absolute atomic E-state index is 12.2. The lowest BCUT2D eigenvalue weighted by Gasteiger charge is -2.26. The van der Waals surface area contributed by atoms with Crippen LogP contribution in [0.2, 0.25) is 0 Å². The van der Waals surface area contributed by atoms with E-state index in [1.165, 1.54) is 11.8 Å². The third-order valence-electron chi connectivity index (χ3n) is 4.70. The summed E-state index contributed by atoms with van der Waals surface area (Å²) in [4.78, 5) is 18.7. The number of hydrogen-bond donors (Lipinski definition) is 0. The second kappa shape index (κ2) is 7.97. The van der Waals surface area contributed by atoms with Crippen LogP contribution in [0.3, 0.4) is 0 Å². The number of carbonyl (C=O) groups is 1. The zero-order valence-corrected chi connectivity index (χ0v) is 16.7. The highest BCUT2D eigenvalue weighted by atomic mass is 32.2. The van der Waals surface area contributed by atoms with E-state index in [0.29, 0.717) is 5.17 Å². The summed E-state index contributed by atoms with van der Waals surface area (Å²) in [5.41, 5.74) is 1.82. The number of para-hydroxylation sites is 1. The zero-order valence-electron chi connectivity index (χ0n) is 15.1. The number of amidine groups is 1. The Labute approximate surface area is 168 Å². The number of esters is 1. The molecule has 2 aliphatic heterocycles. The first kappa shape index (κ1) is 19.0. The number of carbonyl (C=O) groups excluding carboxylic acids is 1. The van der Waals surface area contributed by atoms with E-state index in [2.05, 4.69) is 4.99 Å². The number of aliphatic imine (C=N–C) groups is 1. The molecule has 2 aromatic rings. The van der Waals surface area contributed by atoms with E-state index in [-0.39, 0.29) is 41.9 Å². The summed E-state index contributed by atoms with van der Waals surface area (Å²) in [6.45, 7) is 0.235. The average molecular weight is 417 g/mol. The van der Waals surface area contributed by atoms with Gasteiger partial charge in [-0.3, -0.25) is 9.79 Å². The van der Waals surface area contributed by atoms with E-state index >= 15 is 0 Å². The van der Waals surface area contributed by atoms with Crippen LogP contribution in [-0.2, 0) is 26.0 Å². The van der Waals surface area contributed by atoms with Gasteiger partial charge in [-0.25, -0.2) is 8.42 Å². The van der Waals surface area contributed by atoms with Crippen LogP contribution >= 0.6 is 11.8 Å². The van der Waals surface area contributed by atoms with Gasteiger partial charge in [0, 0.05) is 5.69 Å². The fraction of sp³-hybridized carbons (Fsp3) is 0.300. The molecule has 8 heteroatoms. The lowest BCUT2D eigenvalue weighted by Crippen LogP contribution is -2.39. The fourth-order valence-electron chi connectivity index (χ4n) is 3.43. The van der Waals surface area contributed by atoms with Gasteiger partial charge < -0.3 is 9.64 Å². The van der Waals surface area contributed by atoms with Crippen molar-refractivity contribution in [1.29, 1.82) is 0 Å². The van der Waals surface area contributed by atoms with Gasteiger partial charge in [0.15, 0.2) is 15.0 Å². The van der Waals surface area contributed by atoms with Gasteiger partial charge in [-0.1, -0.05) is 60.3 Å². The lowest BCUT2D eigenvalue weighted by molar-refractivity contribution is -0.141. The molecule has 1 fully saturated rings. The van der Waals surface area contributed by atoms with Crippen molar-refractivity contribution in [2.45, 2.75) is 18.7 Å². The molecule has 0 unspecified atom stereocenters. The van der Waals surface area contributed by atoms with Crippen molar-refractivity contribution in [2.75, 3.05) is 22.2 Å². The summed E-state index contributed by atoms with van der Waals surface area (Å²) in [6.07, 6.45) is 0. The molecular weight excluding hydrogens is 396 g/mol. The normalized spacial score (nSPS) is 22.6. The Kier molecular flexibility index (Phi) is 5.41. The van der Waals surface area contributed by atoms with E-state index in [0.717, 1.165) is 11.3 Å². The number of rotatable bonds is 5. The van der Waals surface area contributed by atoms with E-state index in [1.807, 2.05) is 65.6 Å². The standard InChI is InChI=1S/C20H20N2O4S2/c23-19(26-11-15-7-3-1-4-8-15)12-27-20-21-17-13-28(24,25)14-18(17)22(20)16-9-5-2-6-10-16/h1-10,17-18H,11-14H2/t17-,18+/m1/s1. The number of thioether (sulfide) groups is 1. The molecule has 1 saturated heterocycles. The number of fused-ring (bicyclic) bond motifs is 1. The highest BCUT2D eigenvalue weighted by molar-refractivity contribution is 8.14. The molecule has 0 amide bonds. The molecule has 28 heavy (non-hydrogen) atoms. The van der Waals surface area contributed by atoms with Gasteiger partial charge in [0.05, 0.1) is 29.3 Å². The van der Waals surface area contributed by atoms with Crippen LogP contribution in [0, 0.1) is 0 Å². The van der Waals surface area contributed by atoms with E-state index in [9.17, 15) is 13.2 Å². The second-order valence-corrected chi connectivity index (χ2v) is 9.86. The van der Waals surface area contributed by atoms with Gasteiger partial charge in [-0.15, -0.1) is 0 Å². The fourth-order valence-corrected chi connectivity index (χ4v) is 6.19. The molecule has 0 N–H and O–H groups in total. The summed E-state index contributed by atoms with van der Waals surface area (Å²) in [7, 11) is -3.09. The highest BCUT2D eigenvalue weighted by Crippen LogP contribution is 2.34. The number of sulfone groups is 1. The second-order valence-electron chi connectivity index (χ2n) is 6.76. The number of ether oxygens (including phenoxy) is 1. The molecule has 2 heterocycles. The molecule has 0 aromatic heterocycles. The Morgan fingerprint density at radius 2 is 1.75 bits per heavy atom. The summed E-state index contributed by atoms with van der Waals surface area (Å²) < 4.78 is 29.4. The molecule has 2 atom stereocenters. The Morgan fingerprint density at radius 3 is 2.46 bits per heavy atom. The van der Waals surface area contributed by atoms with Crippen molar-refractivity contribution >= 4 is 38.4 Å². The van der Waals surface area contributed by atoms with Crippen LogP contribution in [0.25, 0.3) is 0 Å². The average Bonchev–Trinajstić information content (AvgIpc) is 3.17. The maximum Gasteiger partial charge on any atom is 0.316 e. The number of hydrogen-bond acceptors (Lipinski definition) is 7. The van der Waals surface area contributed by atoms with Gasteiger partial charge in [-0.05, 0) is 17.7 Å². The van der Waals surface area contributed by atoms with Crippen molar-refractivity contribution in [2.24, 2.45) is 4.99 Å². The van der Waals surface area contributed by atoms with E-state index < -0.39 is 9.84 Å². The van der Waals surface area contributed by atoms with Gasteiger partial charge in [0.1, 0.15) is 6.61 Å². The first-order valence-electron chi connectivity index (χ1n) is 8.97. The molecule has 0 spiro atoms. The van der Waals surface area contributed by atoms with Gasteiger partial charge in [0.25, 0.3) is 0 Å². The monoisotopic (exact) mass is 416 g/mol. The van der Waals surface area contributed by atoms with Crippen molar-refractivity contribution in [1.82, 2.24) is 0 Å². The SMILES string of the molecule is O=C(CSC1=N[C@@H]2CS(=O)(=O)C[C@@H]2N1c1ccccc1)OCc1ccccc1. The first-order valence-corrected chi connectivity index (χ1v) is 11.8. The van der Waals surface area contributed by atoms with Crippen LogP contribution in [0.1, 0.15) is 5.56 Å². The minimum absolute atomic E-state index is 0.0590. The molecule has 0 saturated carbocycles. The molecule has 0 aliphatic carbocycles. The third kappa shape index (κ3) is 4.23. The Morgan fingerprint density at radius 1 is 1.07 bits per heavy atom. The molecule has 0 radical (unpaired) electrons. The van der Waals surface area contributed by atoms with Crippen LogP contribution in [0.15, 0.2) is 65.7 Å². The van der Waals surface area contributed by atoms with E-state index in [1.54, 1.807) is 0 Å². The topological polar surface area (TPSA) is 76.0 Å². The van der Waals surface area contributed by atoms with Crippen LogP contribution < -0.4 is 4.90 Å². The zero-order chi connectivity index (χ0) is 19.6. The highest BCUT2D eigenvalue weighted by Gasteiger charge is 2.47. The summed E-state index contributed by atoms with van der Waals surface area (Å²) >= 11 is 1.29. The quantitative estimate of drug-likeness (QED) is 0.697. The summed E-state index contributed by atoms with van der Waals surface area (Å²) in [5, 5.41) is 0.674. The first-order chi connectivity index (χ1) is 13.5. The Balaban J connectivity index is 1.43. The predicted octanol–water partition coefficient (Wildman–Crippen LogP) is 2.50. The smallest absolute Gasteiger partial charge is 0.316 e. The van der Waals surface area contributed by atoms with Gasteiger partial charge >= 0.3 is 5.97 Å². The molecule has 146 valence electrons. The lowest BCUT2D eigenvalue weighted by atomic mass is 10.1. The number of benzene rings is 2. The molecule has 6 nitrogen and oxygen atoms in total. The third-order valence-corrected chi connectivity index (χ3v) is 7.34. The minimum atomic E-state index is -3.09. The van der Waals surface area contributed by atoms with Crippen LogP contribution in [-0.4, -0.2) is 48.9 Å². The summed E-state index contributed by atoms with van der Waals surface area (Å²) in [6, 6.07) is 18.6. The molecule has 4 rings (SSSR count). The van der Waals surface area contributed by atoms with Crippen molar-refractivity contribution < 1.29 is 17.9 Å². The Bertz CT molecular complexity index is 978. The molecule has 0 bridgehead atoms. The van der Waals surface area contributed by atoms with Gasteiger partial charge in [0.2, 0.25) is 0 Å². The van der Waals surface area contributed by atoms with Crippen molar-refractivity contribution in [3.63, 3.8) is 0 Å². The Hall–Kier alpha value is -2.32.